The van der Waals surface area contributed by atoms with Crippen molar-refractivity contribution in [1.29, 1.82) is 0 Å². The molecule has 0 aliphatic rings. The Morgan fingerprint density at radius 1 is 1.14 bits per heavy atom. The van der Waals surface area contributed by atoms with Gasteiger partial charge in [0.2, 0.25) is 16.2 Å². The SMILES string of the molecule is CCCCc1nnc(NC(=O)c2ccc(NC(=O)CSc3nnnn3C)cc2)s1. The molecule has 0 radical (unpaired) electrons. The van der Waals surface area contributed by atoms with Crippen LogP contribution < -0.4 is 10.6 Å². The van der Waals surface area contributed by atoms with Crippen molar-refractivity contribution in [2.45, 2.75) is 31.3 Å². The zero-order valence-electron chi connectivity index (χ0n) is 16.0. The molecule has 2 amide bonds. The summed E-state index contributed by atoms with van der Waals surface area (Å²) in [5, 5.41) is 26.6. The van der Waals surface area contributed by atoms with E-state index in [1.54, 1.807) is 31.3 Å². The lowest BCUT2D eigenvalue weighted by atomic mass is 10.2. The number of thioether (sulfide) groups is 1. The van der Waals surface area contributed by atoms with Crippen LogP contribution in [0.1, 0.15) is 35.1 Å². The van der Waals surface area contributed by atoms with Crippen molar-refractivity contribution in [2.24, 2.45) is 7.05 Å². The van der Waals surface area contributed by atoms with E-state index in [9.17, 15) is 9.59 Å². The summed E-state index contributed by atoms with van der Waals surface area (Å²) >= 11 is 2.62. The van der Waals surface area contributed by atoms with E-state index in [-0.39, 0.29) is 17.6 Å². The molecule has 3 aromatic rings. The van der Waals surface area contributed by atoms with Gasteiger partial charge in [-0.2, -0.15) is 0 Å². The van der Waals surface area contributed by atoms with E-state index >= 15 is 0 Å². The summed E-state index contributed by atoms with van der Waals surface area (Å²) in [5.74, 6) is -0.288. The summed E-state index contributed by atoms with van der Waals surface area (Å²) < 4.78 is 1.50. The van der Waals surface area contributed by atoms with E-state index in [4.69, 9.17) is 0 Å². The van der Waals surface area contributed by atoms with Crippen molar-refractivity contribution in [1.82, 2.24) is 30.4 Å². The number of tetrazole rings is 1. The summed E-state index contributed by atoms with van der Waals surface area (Å²) in [5.41, 5.74) is 1.06. The van der Waals surface area contributed by atoms with Crippen molar-refractivity contribution >= 4 is 45.7 Å². The topological polar surface area (TPSA) is 128 Å². The van der Waals surface area contributed by atoms with Crippen LogP contribution in [0.5, 0.6) is 0 Å². The lowest BCUT2D eigenvalue weighted by Gasteiger charge is -2.06. The molecule has 0 saturated carbocycles. The van der Waals surface area contributed by atoms with Crippen LogP contribution in [-0.2, 0) is 18.3 Å². The molecule has 0 fully saturated rings. The van der Waals surface area contributed by atoms with E-state index in [1.165, 1.54) is 27.8 Å². The molecule has 2 N–H and O–H groups in total. The lowest BCUT2D eigenvalue weighted by Crippen LogP contribution is -2.15. The van der Waals surface area contributed by atoms with Gasteiger partial charge in [-0.05, 0) is 41.1 Å². The fourth-order valence-corrected chi connectivity index (χ4v) is 3.70. The Bertz CT molecular complexity index is 970. The molecular weight excluding hydrogens is 412 g/mol. The number of aromatic nitrogens is 6. The number of amides is 2. The average Bonchev–Trinajstić information content (AvgIpc) is 3.33. The average molecular weight is 433 g/mol. The second-order valence-electron chi connectivity index (χ2n) is 6.06. The maximum Gasteiger partial charge on any atom is 0.257 e. The minimum Gasteiger partial charge on any atom is -0.325 e. The van der Waals surface area contributed by atoms with Gasteiger partial charge in [-0.15, -0.1) is 15.3 Å². The first kappa shape index (κ1) is 20.9. The number of carbonyl (C=O) groups excluding carboxylic acids is 2. The highest BCUT2D eigenvalue weighted by Gasteiger charge is 2.11. The molecule has 0 bridgehead atoms. The first-order chi connectivity index (χ1) is 14.0. The second kappa shape index (κ2) is 10.1. The van der Waals surface area contributed by atoms with Crippen LogP contribution in [0, 0.1) is 0 Å². The highest BCUT2D eigenvalue weighted by molar-refractivity contribution is 7.99. The molecule has 152 valence electrons. The summed E-state index contributed by atoms with van der Waals surface area (Å²) in [6.45, 7) is 2.12. The van der Waals surface area contributed by atoms with Gasteiger partial charge in [0.1, 0.15) is 5.01 Å². The van der Waals surface area contributed by atoms with Crippen LogP contribution in [0.3, 0.4) is 0 Å². The zero-order chi connectivity index (χ0) is 20.6. The Morgan fingerprint density at radius 2 is 1.93 bits per heavy atom. The number of nitrogens with zero attached hydrogens (tertiary/aromatic N) is 6. The van der Waals surface area contributed by atoms with Crippen molar-refractivity contribution in [3.05, 3.63) is 34.8 Å². The van der Waals surface area contributed by atoms with Gasteiger partial charge in [0.25, 0.3) is 5.91 Å². The van der Waals surface area contributed by atoms with Crippen LogP contribution in [0.4, 0.5) is 10.8 Å². The van der Waals surface area contributed by atoms with Gasteiger partial charge < -0.3 is 5.32 Å². The number of benzene rings is 1. The van der Waals surface area contributed by atoms with E-state index in [0.29, 0.717) is 21.5 Å². The van der Waals surface area contributed by atoms with Crippen LogP contribution >= 0.6 is 23.1 Å². The molecule has 29 heavy (non-hydrogen) atoms. The zero-order valence-corrected chi connectivity index (χ0v) is 17.6. The van der Waals surface area contributed by atoms with Crippen molar-refractivity contribution in [3.63, 3.8) is 0 Å². The number of hydrogen-bond acceptors (Lipinski definition) is 9. The minimum atomic E-state index is -0.272. The third-order valence-corrected chi connectivity index (χ3v) is 5.69. The maximum absolute atomic E-state index is 12.4. The number of unbranched alkanes of at least 4 members (excludes halogenated alkanes) is 1. The Labute approximate surface area is 175 Å². The van der Waals surface area contributed by atoms with Gasteiger partial charge in [0, 0.05) is 24.7 Å². The van der Waals surface area contributed by atoms with E-state index < -0.39 is 0 Å². The van der Waals surface area contributed by atoms with E-state index in [1.807, 2.05) is 0 Å². The summed E-state index contributed by atoms with van der Waals surface area (Å²) in [6.07, 6.45) is 2.99. The fraction of sp³-hybridized carbons (Fsp3) is 0.353. The lowest BCUT2D eigenvalue weighted by molar-refractivity contribution is -0.113. The van der Waals surface area contributed by atoms with Gasteiger partial charge in [0.15, 0.2) is 0 Å². The highest BCUT2D eigenvalue weighted by Crippen LogP contribution is 2.19. The smallest absolute Gasteiger partial charge is 0.257 e. The van der Waals surface area contributed by atoms with Crippen molar-refractivity contribution in [3.8, 4) is 0 Å². The van der Waals surface area contributed by atoms with Crippen LogP contribution in [0.15, 0.2) is 29.4 Å². The second-order valence-corrected chi connectivity index (χ2v) is 8.06. The summed E-state index contributed by atoms with van der Waals surface area (Å²) in [6, 6.07) is 6.63. The molecule has 0 spiro atoms. The number of nitrogens with one attached hydrogen (secondary N) is 2. The quantitative estimate of drug-likeness (QED) is 0.493. The molecule has 3 rings (SSSR count). The number of hydrogen-bond donors (Lipinski definition) is 2. The van der Waals surface area contributed by atoms with E-state index in [2.05, 4.69) is 43.3 Å². The first-order valence-corrected chi connectivity index (χ1v) is 10.7. The summed E-state index contributed by atoms with van der Waals surface area (Å²) in [7, 11) is 1.71. The Hall–Kier alpha value is -2.86. The Kier molecular flexibility index (Phi) is 7.25. The largest absolute Gasteiger partial charge is 0.325 e. The van der Waals surface area contributed by atoms with Crippen molar-refractivity contribution < 1.29 is 9.59 Å². The van der Waals surface area contributed by atoms with Gasteiger partial charge >= 0.3 is 0 Å². The molecule has 2 aromatic heterocycles. The van der Waals surface area contributed by atoms with Crippen molar-refractivity contribution in [2.75, 3.05) is 16.4 Å². The van der Waals surface area contributed by atoms with Crippen LogP contribution in [-0.4, -0.2) is 48.0 Å². The molecular formula is C17H20N8O2S2. The van der Waals surface area contributed by atoms with Gasteiger partial charge in [0.05, 0.1) is 5.75 Å². The molecule has 2 heterocycles. The Morgan fingerprint density at radius 3 is 2.62 bits per heavy atom. The third kappa shape index (κ3) is 6.06. The third-order valence-electron chi connectivity index (χ3n) is 3.78. The molecule has 0 atom stereocenters. The predicted molar refractivity (Wildman–Crippen MR) is 111 cm³/mol. The van der Waals surface area contributed by atoms with Gasteiger partial charge in [-0.25, -0.2) is 4.68 Å². The predicted octanol–water partition coefficient (Wildman–Crippen LogP) is 2.39. The molecule has 0 aliphatic heterocycles. The normalized spacial score (nSPS) is 10.7. The fourth-order valence-electron chi connectivity index (χ4n) is 2.28. The van der Waals surface area contributed by atoms with Crippen LogP contribution in [0.2, 0.25) is 0 Å². The standard InChI is InChI=1S/C17H20N8O2S2/c1-3-4-5-14-20-21-16(29-14)19-15(27)11-6-8-12(9-7-11)18-13(26)10-28-17-22-23-24-25(17)2/h6-9H,3-5,10H2,1-2H3,(H,18,26)(H,19,21,27). The molecule has 0 unspecified atom stereocenters. The highest BCUT2D eigenvalue weighted by atomic mass is 32.2. The first-order valence-electron chi connectivity index (χ1n) is 8.94. The molecule has 1 aromatic carbocycles. The Balaban J connectivity index is 1.49. The van der Waals surface area contributed by atoms with Gasteiger partial charge in [-0.1, -0.05) is 36.4 Å². The van der Waals surface area contributed by atoms with E-state index in [0.717, 1.165) is 24.3 Å². The maximum atomic E-state index is 12.4. The molecule has 0 aliphatic carbocycles. The minimum absolute atomic E-state index is 0.174. The molecule has 10 nitrogen and oxygen atoms in total. The summed E-state index contributed by atoms with van der Waals surface area (Å²) in [4.78, 5) is 24.4. The molecule has 12 heteroatoms. The number of carbonyl (C=O) groups is 2. The number of rotatable bonds is 9. The van der Waals surface area contributed by atoms with Crippen LogP contribution in [0.25, 0.3) is 0 Å². The molecule has 0 saturated heterocycles. The number of anilines is 2. The number of aryl methyl sites for hydroxylation is 2. The van der Waals surface area contributed by atoms with Gasteiger partial charge in [-0.3, -0.25) is 14.9 Å². The monoisotopic (exact) mass is 432 g/mol.